The van der Waals surface area contributed by atoms with Crippen molar-refractivity contribution in [3.63, 3.8) is 0 Å². The highest BCUT2D eigenvalue weighted by molar-refractivity contribution is 14.0. The maximum absolute atomic E-state index is 12.6. The summed E-state index contributed by atoms with van der Waals surface area (Å²) in [7, 11) is 5.66. The Labute approximate surface area is 187 Å². The number of carbonyl (C=O) groups excluding carboxylic acids is 1. The fraction of sp³-hybridized carbons (Fsp3) is 0.895. The van der Waals surface area contributed by atoms with Crippen molar-refractivity contribution < 1.29 is 9.53 Å². The normalized spacial score (nSPS) is 19.7. The van der Waals surface area contributed by atoms with Crippen LogP contribution >= 0.6 is 24.0 Å². The fourth-order valence-electron chi connectivity index (χ4n) is 3.73. The highest BCUT2D eigenvalue weighted by atomic mass is 127. The van der Waals surface area contributed by atoms with E-state index in [9.17, 15) is 4.79 Å². The Morgan fingerprint density at radius 3 is 2.32 bits per heavy atom. The Morgan fingerprint density at radius 2 is 1.75 bits per heavy atom. The molecule has 0 bridgehead atoms. The molecule has 1 unspecified atom stereocenters. The second-order valence-electron chi connectivity index (χ2n) is 7.50. The smallest absolute Gasteiger partial charge is 0.239 e. The third-order valence-corrected chi connectivity index (χ3v) is 5.60. The first-order chi connectivity index (χ1) is 13.1. The van der Waals surface area contributed by atoms with E-state index >= 15 is 0 Å². The van der Waals surface area contributed by atoms with E-state index in [-0.39, 0.29) is 30.0 Å². The van der Waals surface area contributed by atoms with Crippen LogP contribution in [-0.2, 0) is 9.53 Å². The van der Waals surface area contributed by atoms with E-state index in [1.807, 2.05) is 11.9 Å². The van der Waals surface area contributed by atoms with Crippen molar-refractivity contribution in [1.82, 2.24) is 24.9 Å². The summed E-state index contributed by atoms with van der Waals surface area (Å²) < 4.78 is 5.11. The number of aliphatic imine (C=N–C) groups is 1. The highest BCUT2D eigenvalue weighted by Gasteiger charge is 2.30. The van der Waals surface area contributed by atoms with Gasteiger partial charge in [0.05, 0.1) is 12.6 Å². The molecule has 2 aliphatic heterocycles. The van der Waals surface area contributed by atoms with E-state index in [0.29, 0.717) is 5.91 Å². The third kappa shape index (κ3) is 7.64. The van der Waals surface area contributed by atoms with E-state index in [1.54, 1.807) is 7.11 Å². The molecular weight excluding hydrogens is 471 g/mol. The van der Waals surface area contributed by atoms with Gasteiger partial charge in [0.1, 0.15) is 0 Å². The van der Waals surface area contributed by atoms with Crippen molar-refractivity contribution in [3.8, 4) is 0 Å². The monoisotopic (exact) mass is 510 g/mol. The van der Waals surface area contributed by atoms with Crippen LogP contribution in [0.25, 0.3) is 0 Å². The zero-order valence-corrected chi connectivity index (χ0v) is 20.4. The fourth-order valence-corrected chi connectivity index (χ4v) is 3.73. The van der Waals surface area contributed by atoms with Gasteiger partial charge < -0.3 is 24.8 Å². The summed E-state index contributed by atoms with van der Waals surface area (Å²) in [6.07, 6.45) is 2.30. The van der Waals surface area contributed by atoms with Crippen molar-refractivity contribution >= 4 is 35.8 Å². The molecule has 0 spiro atoms. The minimum Gasteiger partial charge on any atom is -0.383 e. The molecule has 1 amide bonds. The van der Waals surface area contributed by atoms with Gasteiger partial charge in [-0.2, -0.15) is 0 Å². The standard InChI is InChI=1S/C19H38N6O2.HI/c1-17(18(26)24-8-5-6-9-24)23-11-13-25(14-12-23)19(20-2)21-7-10-22(3)15-16-27-4;/h17H,5-16H2,1-4H3,(H,20,21);1H. The van der Waals surface area contributed by atoms with E-state index in [1.165, 1.54) is 0 Å². The number of amides is 1. The van der Waals surface area contributed by atoms with Crippen molar-refractivity contribution in [3.05, 3.63) is 0 Å². The maximum atomic E-state index is 12.6. The summed E-state index contributed by atoms with van der Waals surface area (Å²) in [5, 5.41) is 3.46. The number of likely N-dealkylation sites (tertiary alicyclic amines) is 1. The topological polar surface area (TPSA) is 63.7 Å². The first-order valence-electron chi connectivity index (χ1n) is 10.2. The zero-order chi connectivity index (χ0) is 19.6. The average Bonchev–Trinajstić information content (AvgIpc) is 3.23. The Balaban J connectivity index is 0.00000392. The largest absolute Gasteiger partial charge is 0.383 e. The van der Waals surface area contributed by atoms with Gasteiger partial charge >= 0.3 is 0 Å². The first kappa shape index (κ1) is 25.4. The SMILES string of the molecule is CN=C(NCCN(C)CCOC)N1CCN(C(C)C(=O)N2CCCC2)CC1.I. The van der Waals surface area contributed by atoms with Crippen LogP contribution in [0.15, 0.2) is 4.99 Å². The summed E-state index contributed by atoms with van der Waals surface area (Å²) in [6, 6.07) is -0.0188. The number of rotatable bonds is 8. The minimum atomic E-state index is -0.0188. The number of guanidine groups is 1. The first-order valence-corrected chi connectivity index (χ1v) is 10.2. The zero-order valence-electron chi connectivity index (χ0n) is 18.0. The Hall–Kier alpha value is -0.650. The van der Waals surface area contributed by atoms with Gasteiger partial charge in [0.25, 0.3) is 0 Å². The minimum absolute atomic E-state index is 0. The summed E-state index contributed by atoms with van der Waals surface area (Å²) in [6.45, 7) is 11.0. The molecule has 2 heterocycles. The lowest BCUT2D eigenvalue weighted by molar-refractivity contribution is -0.135. The van der Waals surface area contributed by atoms with Crippen LogP contribution in [0.2, 0.25) is 0 Å². The van der Waals surface area contributed by atoms with Crippen LogP contribution < -0.4 is 5.32 Å². The van der Waals surface area contributed by atoms with E-state index < -0.39 is 0 Å². The number of piperazine rings is 1. The van der Waals surface area contributed by atoms with Gasteiger partial charge in [-0.25, -0.2) is 0 Å². The molecule has 28 heavy (non-hydrogen) atoms. The van der Waals surface area contributed by atoms with E-state index in [4.69, 9.17) is 4.74 Å². The molecule has 0 radical (unpaired) electrons. The number of carbonyl (C=O) groups is 1. The molecule has 0 aromatic rings. The van der Waals surface area contributed by atoms with Crippen LogP contribution in [0, 0.1) is 0 Å². The van der Waals surface area contributed by atoms with Gasteiger partial charge in [0, 0.05) is 73.1 Å². The number of nitrogens with one attached hydrogen (secondary N) is 1. The number of hydrogen-bond acceptors (Lipinski definition) is 5. The summed E-state index contributed by atoms with van der Waals surface area (Å²) in [4.78, 5) is 25.9. The third-order valence-electron chi connectivity index (χ3n) is 5.60. The molecule has 0 aromatic carbocycles. The predicted molar refractivity (Wildman–Crippen MR) is 125 cm³/mol. The molecule has 1 atom stereocenters. The molecule has 164 valence electrons. The molecule has 9 heteroatoms. The number of ether oxygens (including phenoxy) is 1. The molecule has 2 aliphatic rings. The van der Waals surface area contributed by atoms with Gasteiger partial charge in [-0.1, -0.05) is 0 Å². The lowest BCUT2D eigenvalue weighted by Gasteiger charge is -2.39. The molecule has 2 fully saturated rings. The molecule has 0 saturated carbocycles. The van der Waals surface area contributed by atoms with Crippen LogP contribution in [0.5, 0.6) is 0 Å². The molecule has 2 saturated heterocycles. The quantitative estimate of drug-likeness (QED) is 0.290. The maximum Gasteiger partial charge on any atom is 0.239 e. The predicted octanol–water partition coefficient (Wildman–Crippen LogP) is 0.387. The summed E-state index contributed by atoms with van der Waals surface area (Å²) in [5.41, 5.74) is 0. The van der Waals surface area contributed by atoms with E-state index in [0.717, 1.165) is 84.3 Å². The van der Waals surface area contributed by atoms with Crippen LogP contribution in [0.3, 0.4) is 0 Å². The van der Waals surface area contributed by atoms with Crippen molar-refractivity contribution in [2.75, 3.05) is 86.7 Å². The molecular formula is C19H39IN6O2. The van der Waals surface area contributed by atoms with Gasteiger partial charge in [0.15, 0.2) is 5.96 Å². The number of likely N-dealkylation sites (N-methyl/N-ethyl adjacent to an activating group) is 1. The summed E-state index contributed by atoms with van der Waals surface area (Å²) in [5.74, 6) is 1.25. The van der Waals surface area contributed by atoms with Crippen molar-refractivity contribution in [2.45, 2.75) is 25.8 Å². The van der Waals surface area contributed by atoms with Crippen LogP contribution in [0.1, 0.15) is 19.8 Å². The average molecular weight is 510 g/mol. The number of halogens is 1. The van der Waals surface area contributed by atoms with Crippen LogP contribution in [-0.4, -0.2) is 124 Å². The van der Waals surface area contributed by atoms with Crippen molar-refractivity contribution in [2.24, 2.45) is 4.99 Å². The number of methoxy groups -OCH3 is 1. The number of nitrogens with zero attached hydrogens (tertiary/aromatic N) is 5. The highest BCUT2D eigenvalue weighted by Crippen LogP contribution is 2.14. The van der Waals surface area contributed by atoms with Gasteiger partial charge in [-0.3, -0.25) is 14.7 Å². The molecule has 1 N–H and O–H groups in total. The lowest BCUT2D eigenvalue weighted by atomic mass is 10.2. The molecule has 8 nitrogen and oxygen atoms in total. The van der Waals surface area contributed by atoms with Crippen molar-refractivity contribution in [1.29, 1.82) is 0 Å². The summed E-state index contributed by atoms with van der Waals surface area (Å²) >= 11 is 0. The number of hydrogen-bond donors (Lipinski definition) is 1. The Morgan fingerprint density at radius 1 is 1.11 bits per heavy atom. The van der Waals surface area contributed by atoms with Gasteiger partial charge in [-0.05, 0) is 26.8 Å². The van der Waals surface area contributed by atoms with E-state index in [2.05, 4.69) is 39.0 Å². The van der Waals surface area contributed by atoms with Gasteiger partial charge in [-0.15, -0.1) is 24.0 Å². The van der Waals surface area contributed by atoms with Gasteiger partial charge in [0.2, 0.25) is 5.91 Å². The van der Waals surface area contributed by atoms with Crippen LogP contribution in [0.4, 0.5) is 0 Å². The second kappa shape index (κ2) is 13.6. The second-order valence-corrected chi connectivity index (χ2v) is 7.50. The Kier molecular flexibility index (Phi) is 12.3. The molecule has 2 rings (SSSR count). The molecule has 0 aliphatic carbocycles. The lowest BCUT2D eigenvalue weighted by Crippen LogP contribution is -2.57. The Bertz CT molecular complexity index is 479. The molecule has 0 aromatic heterocycles.